The third kappa shape index (κ3) is 4.50. The first-order chi connectivity index (χ1) is 12.0. The van der Waals surface area contributed by atoms with Crippen molar-refractivity contribution >= 4 is 5.91 Å². The molecule has 134 valence electrons. The topological polar surface area (TPSA) is 25.2 Å². The normalized spacial score (nSPS) is 14.6. The Kier molecular flexibility index (Phi) is 5.57. The Balaban J connectivity index is 1.73. The van der Waals surface area contributed by atoms with E-state index in [4.69, 9.17) is 0 Å². The maximum Gasteiger partial charge on any atom is 0.226 e. The van der Waals surface area contributed by atoms with Gasteiger partial charge in [0.2, 0.25) is 5.91 Å². The van der Waals surface area contributed by atoms with E-state index < -0.39 is 0 Å². The largest absolute Gasteiger partial charge is 0.345 e. The molecule has 25 heavy (non-hydrogen) atoms. The highest BCUT2D eigenvalue weighted by Gasteiger charge is 2.30. The quantitative estimate of drug-likeness (QED) is 0.729. The minimum absolute atomic E-state index is 0.213. The van der Waals surface area contributed by atoms with Crippen molar-refractivity contribution in [2.75, 3.05) is 6.54 Å². The van der Waals surface area contributed by atoms with Gasteiger partial charge in [-0.05, 0) is 48.6 Å². The van der Waals surface area contributed by atoms with Crippen molar-refractivity contribution in [3.63, 3.8) is 0 Å². The molecule has 0 aliphatic heterocycles. The Hall–Kier alpha value is -2.10. The number of halogens is 1. The molecule has 2 aromatic rings. The molecule has 0 spiro atoms. The summed E-state index contributed by atoms with van der Waals surface area (Å²) in [5, 5.41) is 0. The summed E-state index contributed by atoms with van der Waals surface area (Å²) in [5.41, 5.74) is 2.02. The molecule has 1 aliphatic rings. The van der Waals surface area contributed by atoms with Crippen molar-refractivity contribution in [2.45, 2.75) is 46.2 Å². The van der Waals surface area contributed by atoms with E-state index >= 15 is 0 Å². The second-order valence-corrected chi connectivity index (χ2v) is 7.50. The molecule has 1 aromatic carbocycles. The third-order valence-corrected chi connectivity index (χ3v) is 4.87. The number of rotatable bonds is 7. The van der Waals surface area contributed by atoms with Crippen LogP contribution >= 0.6 is 0 Å². The van der Waals surface area contributed by atoms with E-state index in [2.05, 4.69) is 24.5 Å². The molecule has 1 fully saturated rings. The molecular formula is C21H27FN2O. The van der Waals surface area contributed by atoms with E-state index in [1.165, 1.54) is 12.5 Å². The van der Waals surface area contributed by atoms with E-state index in [1.807, 2.05) is 23.2 Å². The number of hydrogen-bond donors (Lipinski definition) is 0. The number of nitrogens with zero attached hydrogens (tertiary/aromatic N) is 2. The molecule has 1 amide bonds. The number of benzene rings is 1. The van der Waals surface area contributed by atoms with Gasteiger partial charge >= 0.3 is 0 Å². The van der Waals surface area contributed by atoms with Crippen molar-refractivity contribution in [2.24, 2.45) is 11.8 Å². The van der Waals surface area contributed by atoms with E-state index in [0.29, 0.717) is 24.9 Å². The number of aromatic nitrogens is 1. The maximum atomic E-state index is 13.4. The fraction of sp³-hybridized carbons (Fsp3) is 0.476. The molecular weight excluding hydrogens is 315 g/mol. The lowest BCUT2D eigenvalue weighted by Gasteiger charge is -2.33. The third-order valence-electron chi connectivity index (χ3n) is 4.87. The monoisotopic (exact) mass is 342 g/mol. The Bertz CT molecular complexity index is 718. The summed E-state index contributed by atoms with van der Waals surface area (Å²) in [7, 11) is 0. The Morgan fingerprint density at radius 2 is 2.08 bits per heavy atom. The van der Waals surface area contributed by atoms with Crippen molar-refractivity contribution < 1.29 is 9.18 Å². The number of hydrogen-bond acceptors (Lipinski definition) is 1. The van der Waals surface area contributed by atoms with Crippen LogP contribution in [0.3, 0.4) is 0 Å². The Morgan fingerprint density at radius 1 is 1.28 bits per heavy atom. The average Bonchev–Trinajstić information content (AvgIpc) is 2.91. The van der Waals surface area contributed by atoms with E-state index in [9.17, 15) is 9.18 Å². The van der Waals surface area contributed by atoms with Gasteiger partial charge in [0.15, 0.2) is 0 Å². The smallest absolute Gasteiger partial charge is 0.226 e. The summed E-state index contributed by atoms with van der Waals surface area (Å²) >= 11 is 0. The fourth-order valence-electron chi connectivity index (χ4n) is 3.36. The van der Waals surface area contributed by atoms with Crippen LogP contribution in [0.2, 0.25) is 0 Å². The lowest BCUT2D eigenvalue weighted by molar-refractivity contribution is -0.139. The molecule has 4 heteroatoms. The van der Waals surface area contributed by atoms with E-state index in [0.717, 1.165) is 30.6 Å². The second kappa shape index (κ2) is 7.85. The summed E-state index contributed by atoms with van der Waals surface area (Å²) in [6.07, 6.45) is 5.22. The summed E-state index contributed by atoms with van der Waals surface area (Å²) < 4.78 is 15.5. The minimum Gasteiger partial charge on any atom is -0.345 e. The van der Waals surface area contributed by atoms with Crippen LogP contribution in [-0.2, 0) is 17.9 Å². The van der Waals surface area contributed by atoms with Crippen LogP contribution < -0.4 is 0 Å². The molecule has 0 atom stereocenters. The van der Waals surface area contributed by atoms with Crippen LogP contribution in [0.25, 0.3) is 0 Å². The fourth-order valence-corrected chi connectivity index (χ4v) is 3.36. The molecule has 0 N–H and O–H groups in total. The van der Waals surface area contributed by atoms with Gasteiger partial charge < -0.3 is 9.47 Å². The van der Waals surface area contributed by atoms with Gasteiger partial charge in [-0.25, -0.2) is 4.39 Å². The first kappa shape index (κ1) is 17.7. The molecule has 3 nitrogen and oxygen atoms in total. The predicted molar refractivity (Wildman–Crippen MR) is 97.5 cm³/mol. The predicted octanol–water partition coefficient (Wildman–Crippen LogP) is 4.46. The van der Waals surface area contributed by atoms with E-state index in [-0.39, 0.29) is 11.7 Å². The van der Waals surface area contributed by atoms with Crippen LogP contribution in [-0.4, -0.2) is 21.9 Å². The molecule has 0 unspecified atom stereocenters. The van der Waals surface area contributed by atoms with Crippen molar-refractivity contribution in [3.05, 3.63) is 59.7 Å². The molecule has 1 aliphatic carbocycles. The molecule has 0 radical (unpaired) electrons. The highest BCUT2D eigenvalue weighted by atomic mass is 19.1. The zero-order valence-electron chi connectivity index (χ0n) is 15.1. The van der Waals surface area contributed by atoms with Gasteiger partial charge in [-0.1, -0.05) is 32.4 Å². The van der Waals surface area contributed by atoms with Gasteiger partial charge in [-0.15, -0.1) is 0 Å². The minimum atomic E-state index is -0.215. The van der Waals surface area contributed by atoms with Crippen LogP contribution in [0.1, 0.15) is 44.4 Å². The standard InChI is InChI=1S/C21H27FN2O/c1-16(2)13-24(21(25)18-7-4-8-18)15-20-10-5-11-23(20)14-17-6-3-9-19(22)12-17/h3,5-6,9-12,16,18H,4,7-8,13-15H2,1-2H3. The Morgan fingerprint density at radius 3 is 2.72 bits per heavy atom. The van der Waals surface area contributed by atoms with Gasteiger partial charge in [0.25, 0.3) is 0 Å². The maximum absolute atomic E-state index is 13.4. The van der Waals surface area contributed by atoms with Gasteiger partial charge in [-0.3, -0.25) is 4.79 Å². The SMILES string of the molecule is CC(C)CN(Cc1cccn1Cc1cccc(F)c1)C(=O)C1CCC1. The zero-order valence-corrected chi connectivity index (χ0v) is 15.1. The van der Waals surface area contributed by atoms with Crippen molar-refractivity contribution in [1.82, 2.24) is 9.47 Å². The second-order valence-electron chi connectivity index (χ2n) is 7.50. The van der Waals surface area contributed by atoms with Crippen molar-refractivity contribution in [3.8, 4) is 0 Å². The Labute approximate surface area is 149 Å². The number of carbonyl (C=O) groups is 1. The molecule has 3 rings (SSSR count). The molecule has 1 aromatic heterocycles. The molecule has 0 saturated heterocycles. The summed E-state index contributed by atoms with van der Waals surface area (Å²) in [5.74, 6) is 0.729. The summed E-state index contributed by atoms with van der Waals surface area (Å²) in [6.45, 7) is 6.31. The summed E-state index contributed by atoms with van der Waals surface area (Å²) in [4.78, 5) is 14.8. The van der Waals surface area contributed by atoms with Crippen LogP contribution in [0.5, 0.6) is 0 Å². The van der Waals surface area contributed by atoms with Gasteiger partial charge in [-0.2, -0.15) is 0 Å². The molecule has 1 heterocycles. The molecule has 0 bridgehead atoms. The lowest BCUT2D eigenvalue weighted by Crippen LogP contribution is -2.40. The number of amides is 1. The van der Waals surface area contributed by atoms with Crippen LogP contribution in [0, 0.1) is 17.7 Å². The first-order valence-electron chi connectivity index (χ1n) is 9.20. The van der Waals surface area contributed by atoms with Gasteiger partial charge in [0.05, 0.1) is 6.54 Å². The van der Waals surface area contributed by atoms with Gasteiger partial charge in [0.1, 0.15) is 5.82 Å². The first-order valence-corrected chi connectivity index (χ1v) is 9.20. The average molecular weight is 342 g/mol. The van der Waals surface area contributed by atoms with E-state index in [1.54, 1.807) is 12.1 Å². The van der Waals surface area contributed by atoms with Crippen molar-refractivity contribution in [1.29, 1.82) is 0 Å². The highest BCUT2D eigenvalue weighted by molar-refractivity contribution is 5.79. The molecule has 1 saturated carbocycles. The highest BCUT2D eigenvalue weighted by Crippen LogP contribution is 2.29. The number of carbonyl (C=O) groups excluding carboxylic acids is 1. The zero-order chi connectivity index (χ0) is 17.8. The summed E-state index contributed by atoms with van der Waals surface area (Å²) in [6, 6.07) is 10.7. The van der Waals surface area contributed by atoms with Gasteiger partial charge in [0, 0.05) is 30.9 Å². The van der Waals surface area contributed by atoms with Crippen LogP contribution in [0.4, 0.5) is 4.39 Å². The lowest BCUT2D eigenvalue weighted by atomic mass is 9.84. The van der Waals surface area contributed by atoms with Crippen LogP contribution in [0.15, 0.2) is 42.6 Å².